The summed E-state index contributed by atoms with van der Waals surface area (Å²) >= 11 is 7.47. The zero-order valence-electron chi connectivity index (χ0n) is 8.50. The first-order valence-electron chi connectivity index (χ1n) is 4.82. The molecule has 0 unspecified atom stereocenters. The van der Waals surface area contributed by atoms with Gasteiger partial charge in [-0.1, -0.05) is 16.8 Å². The van der Waals surface area contributed by atoms with Gasteiger partial charge >= 0.3 is 0 Å². The van der Waals surface area contributed by atoms with Gasteiger partial charge in [-0.15, -0.1) is 11.3 Å². The first kappa shape index (κ1) is 10.4. The standard InChI is InChI=1S/C11H6ClN3OS/c12-8-3-5-17-9(8)11-14-10(15-16-11)7-2-1-4-13-6-7/h1-6H. The van der Waals surface area contributed by atoms with E-state index in [1.54, 1.807) is 18.5 Å². The van der Waals surface area contributed by atoms with E-state index in [0.717, 1.165) is 10.4 Å². The minimum Gasteiger partial charge on any atom is -0.333 e. The summed E-state index contributed by atoms with van der Waals surface area (Å²) in [5.74, 6) is 0.946. The highest BCUT2D eigenvalue weighted by atomic mass is 35.5. The maximum absolute atomic E-state index is 6.00. The Hall–Kier alpha value is -1.72. The molecule has 4 nitrogen and oxygen atoms in total. The maximum Gasteiger partial charge on any atom is 0.269 e. The molecule has 3 heterocycles. The molecule has 3 aromatic rings. The second-order valence-corrected chi connectivity index (χ2v) is 4.59. The van der Waals surface area contributed by atoms with Crippen molar-refractivity contribution in [3.63, 3.8) is 0 Å². The van der Waals surface area contributed by atoms with E-state index in [-0.39, 0.29) is 0 Å². The van der Waals surface area contributed by atoms with Crippen LogP contribution in [0.25, 0.3) is 22.2 Å². The van der Waals surface area contributed by atoms with Gasteiger partial charge in [0.25, 0.3) is 5.89 Å². The van der Waals surface area contributed by atoms with Crippen LogP contribution in [0.3, 0.4) is 0 Å². The fourth-order valence-electron chi connectivity index (χ4n) is 1.37. The van der Waals surface area contributed by atoms with Crippen LogP contribution in [0.5, 0.6) is 0 Å². The summed E-state index contributed by atoms with van der Waals surface area (Å²) in [4.78, 5) is 9.08. The van der Waals surface area contributed by atoms with Gasteiger partial charge in [-0.25, -0.2) is 0 Å². The van der Waals surface area contributed by atoms with Crippen LogP contribution in [-0.2, 0) is 0 Å². The highest BCUT2D eigenvalue weighted by Crippen LogP contribution is 2.32. The Kier molecular flexibility index (Phi) is 2.62. The van der Waals surface area contributed by atoms with Gasteiger partial charge in [0, 0.05) is 18.0 Å². The topological polar surface area (TPSA) is 51.8 Å². The van der Waals surface area contributed by atoms with Gasteiger partial charge in [0.05, 0.1) is 5.02 Å². The molecule has 0 radical (unpaired) electrons. The lowest BCUT2D eigenvalue weighted by atomic mass is 10.3. The Morgan fingerprint density at radius 1 is 1.29 bits per heavy atom. The zero-order chi connectivity index (χ0) is 11.7. The lowest BCUT2D eigenvalue weighted by Crippen LogP contribution is -1.81. The van der Waals surface area contributed by atoms with Crippen molar-refractivity contribution >= 4 is 22.9 Å². The lowest BCUT2D eigenvalue weighted by Gasteiger charge is -1.90. The third kappa shape index (κ3) is 1.94. The summed E-state index contributed by atoms with van der Waals surface area (Å²) in [5, 5.41) is 6.41. The van der Waals surface area contributed by atoms with Gasteiger partial charge in [0.2, 0.25) is 5.82 Å². The molecular formula is C11H6ClN3OS. The third-order valence-corrected chi connectivity index (χ3v) is 3.49. The van der Waals surface area contributed by atoms with E-state index in [2.05, 4.69) is 15.1 Å². The van der Waals surface area contributed by atoms with Crippen molar-refractivity contribution in [3.05, 3.63) is 41.0 Å². The van der Waals surface area contributed by atoms with Crippen LogP contribution < -0.4 is 0 Å². The van der Waals surface area contributed by atoms with Crippen LogP contribution >= 0.6 is 22.9 Å². The number of aromatic nitrogens is 3. The van der Waals surface area contributed by atoms with E-state index in [1.807, 2.05) is 17.5 Å². The normalized spacial score (nSPS) is 10.6. The second-order valence-electron chi connectivity index (χ2n) is 3.26. The van der Waals surface area contributed by atoms with Gasteiger partial charge in [-0.2, -0.15) is 4.98 Å². The molecule has 0 bridgehead atoms. The average molecular weight is 264 g/mol. The molecular weight excluding hydrogens is 258 g/mol. The molecule has 0 aliphatic heterocycles. The Balaban J connectivity index is 2.02. The molecule has 0 fully saturated rings. The van der Waals surface area contributed by atoms with Gasteiger partial charge in [-0.3, -0.25) is 4.98 Å². The predicted octanol–water partition coefficient (Wildman–Crippen LogP) is 3.51. The molecule has 0 aliphatic rings. The Bertz CT molecular complexity index is 635. The summed E-state index contributed by atoms with van der Waals surface area (Å²) in [6.45, 7) is 0. The van der Waals surface area contributed by atoms with E-state index < -0.39 is 0 Å². The quantitative estimate of drug-likeness (QED) is 0.710. The van der Waals surface area contributed by atoms with Crippen LogP contribution in [0.1, 0.15) is 0 Å². The van der Waals surface area contributed by atoms with E-state index >= 15 is 0 Å². The van der Waals surface area contributed by atoms with E-state index in [0.29, 0.717) is 16.7 Å². The molecule has 0 atom stereocenters. The summed E-state index contributed by atoms with van der Waals surface area (Å²) in [6, 6.07) is 5.50. The largest absolute Gasteiger partial charge is 0.333 e. The SMILES string of the molecule is Clc1ccsc1-c1nc(-c2cccnc2)no1. The number of hydrogen-bond acceptors (Lipinski definition) is 5. The molecule has 0 aliphatic carbocycles. The van der Waals surface area contributed by atoms with E-state index in [4.69, 9.17) is 16.1 Å². The zero-order valence-corrected chi connectivity index (χ0v) is 10.1. The number of hydrogen-bond donors (Lipinski definition) is 0. The van der Waals surface area contributed by atoms with Crippen LogP contribution in [-0.4, -0.2) is 15.1 Å². The van der Waals surface area contributed by atoms with Crippen LogP contribution in [0.15, 0.2) is 40.5 Å². The molecule has 17 heavy (non-hydrogen) atoms. The number of pyridine rings is 1. The second kappa shape index (κ2) is 4.27. The molecule has 3 rings (SSSR count). The van der Waals surface area contributed by atoms with Crippen molar-refractivity contribution in [1.29, 1.82) is 0 Å². The molecule has 0 spiro atoms. The van der Waals surface area contributed by atoms with Gasteiger partial charge < -0.3 is 4.52 Å². The number of nitrogens with zero attached hydrogens (tertiary/aromatic N) is 3. The monoisotopic (exact) mass is 263 g/mol. The fourth-order valence-corrected chi connectivity index (χ4v) is 2.43. The number of thiophene rings is 1. The lowest BCUT2D eigenvalue weighted by molar-refractivity contribution is 0.433. The van der Waals surface area contributed by atoms with Gasteiger partial charge in [0.1, 0.15) is 4.88 Å². The van der Waals surface area contributed by atoms with Crippen molar-refractivity contribution in [2.75, 3.05) is 0 Å². The summed E-state index contributed by atoms with van der Waals surface area (Å²) in [5.41, 5.74) is 0.815. The molecule has 6 heteroatoms. The summed E-state index contributed by atoms with van der Waals surface area (Å²) in [7, 11) is 0. The smallest absolute Gasteiger partial charge is 0.269 e. The first-order valence-corrected chi connectivity index (χ1v) is 6.08. The van der Waals surface area contributed by atoms with Crippen molar-refractivity contribution < 1.29 is 4.52 Å². The van der Waals surface area contributed by atoms with Gasteiger partial charge in [0.15, 0.2) is 0 Å². The summed E-state index contributed by atoms with van der Waals surface area (Å²) < 4.78 is 5.18. The third-order valence-electron chi connectivity index (χ3n) is 2.16. The molecule has 0 saturated carbocycles. The van der Waals surface area contributed by atoms with Crippen molar-refractivity contribution in [2.24, 2.45) is 0 Å². The van der Waals surface area contributed by atoms with Crippen LogP contribution in [0.4, 0.5) is 0 Å². The molecule has 3 aromatic heterocycles. The Morgan fingerprint density at radius 2 is 2.24 bits per heavy atom. The van der Waals surface area contributed by atoms with E-state index in [1.165, 1.54) is 11.3 Å². The average Bonchev–Trinajstić information content (AvgIpc) is 2.98. The van der Waals surface area contributed by atoms with Gasteiger partial charge in [-0.05, 0) is 23.6 Å². The van der Waals surface area contributed by atoms with Crippen molar-refractivity contribution in [1.82, 2.24) is 15.1 Å². The fraction of sp³-hybridized carbons (Fsp3) is 0. The van der Waals surface area contributed by atoms with Crippen LogP contribution in [0.2, 0.25) is 5.02 Å². The first-order chi connectivity index (χ1) is 8.34. The molecule has 0 aromatic carbocycles. The van der Waals surface area contributed by atoms with Crippen LogP contribution in [0, 0.1) is 0 Å². The van der Waals surface area contributed by atoms with E-state index in [9.17, 15) is 0 Å². The summed E-state index contributed by atoms with van der Waals surface area (Å²) in [6.07, 6.45) is 3.38. The number of rotatable bonds is 2. The molecule has 0 N–H and O–H groups in total. The van der Waals surface area contributed by atoms with Crippen molar-refractivity contribution in [2.45, 2.75) is 0 Å². The molecule has 0 amide bonds. The maximum atomic E-state index is 6.00. The highest BCUT2D eigenvalue weighted by molar-refractivity contribution is 7.14. The predicted molar refractivity (Wildman–Crippen MR) is 65.9 cm³/mol. The number of halogens is 1. The highest BCUT2D eigenvalue weighted by Gasteiger charge is 2.14. The Morgan fingerprint density at radius 3 is 2.94 bits per heavy atom. The van der Waals surface area contributed by atoms with Crippen molar-refractivity contribution in [3.8, 4) is 22.2 Å². The minimum atomic E-state index is 0.434. The minimum absolute atomic E-state index is 0.434. The molecule has 0 saturated heterocycles. The molecule has 84 valence electrons. The Labute approximate surface area is 106 Å².